The molecule has 0 atom stereocenters. The van der Waals surface area contributed by atoms with Crippen molar-refractivity contribution in [2.45, 2.75) is 64.0 Å². The lowest BCUT2D eigenvalue weighted by Crippen LogP contribution is -2.44. The van der Waals surface area contributed by atoms with E-state index in [-0.39, 0.29) is 17.7 Å². The van der Waals surface area contributed by atoms with Gasteiger partial charge in [-0.15, -0.1) is 0 Å². The van der Waals surface area contributed by atoms with E-state index in [2.05, 4.69) is 26.7 Å². The topological polar surface area (TPSA) is 106 Å². The fraction of sp³-hybridized carbons (Fsp3) is 0.419. The summed E-state index contributed by atoms with van der Waals surface area (Å²) < 4.78 is 11.1. The Hall–Kier alpha value is -4.14. The quantitative estimate of drug-likeness (QED) is 0.376. The molecule has 0 saturated heterocycles. The zero-order chi connectivity index (χ0) is 27.9. The van der Waals surface area contributed by atoms with Gasteiger partial charge in [0.25, 0.3) is 5.91 Å². The van der Waals surface area contributed by atoms with Gasteiger partial charge in [0.1, 0.15) is 29.5 Å². The van der Waals surface area contributed by atoms with E-state index in [9.17, 15) is 9.59 Å². The Balaban J connectivity index is 1.36. The lowest BCUT2D eigenvalue weighted by atomic mass is 9.76. The minimum absolute atomic E-state index is 0.000547. The van der Waals surface area contributed by atoms with Crippen molar-refractivity contribution in [1.29, 1.82) is 0 Å². The van der Waals surface area contributed by atoms with Crippen LogP contribution in [0.4, 0.5) is 17.3 Å². The van der Waals surface area contributed by atoms with Gasteiger partial charge in [-0.2, -0.15) is 0 Å². The fourth-order valence-corrected chi connectivity index (χ4v) is 6.13. The van der Waals surface area contributed by atoms with Gasteiger partial charge in [0, 0.05) is 29.8 Å². The van der Waals surface area contributed by atoms with E-state index in [0.29, 0.717) is 29.5 Å². The van der Waals surface area contributed by atoms with E-state index in [1.807, 2.05) is 42.2 Å². The molecule has 1 aliphatic heterocycles. The molecular formula is C31H35N5O4. The van der Waals surface area contributed by atoms with Crippen LogP contribution in [0.25, 0.3) is 0 Å². The van der Waals surface area contributed by atoms with Crippen molar-refractivity contribution in [3.63, 3.8) is 0 Å². The average Bonchev–Trinajstić information content (AvgIpc) is 3.81. The highest BCUT2D eigenvalue weighted by Crippen LogP contribution is 2.52. The molecule has 3 aromatic rings. The molecule has 208 valence electrons. The highest BCUT2D eigenvalue weighted by atomic mass is 16.5. The van der Waals surface area contributed by atoms with Crippen molar-refractivity contribution in [3.05, 3.63) is 65.0 Å². The molecule has 0 radical (unpaired) electrons. The van der Waals surface area contributed by atoms with Gasteiger partial charge in [0.05, 0.1) is 25.3 Å². The van der Waals surface area contributed by atoms with Gasteiger partial charge in [0.2, 0.25) is 5.91 Å². The van der Waals surface area contributed by atoms with Crippen LogP contribution in [0.3, 0.4) is 0 Å². The number of nitrogens with zero attached hydrogens (tertiary/aromatic N) is 3. The third kappa shape index (κ3) is 4.63. The summed E-state index contributed by atoms with van der Waals surface area (Å²) in [6.07, 6.45) is 8.37. The van der Waals surface area contributed by atoms with E-state index in [1.54, 1.807) is 14.2 Å². The number of amides is 2. The number of carbonyl (C=O) groups is 2. The first-order chi connectivity index (χ1) is 19.4. The summed E-state index contributed by atoms with van der Waals surface area (Å²) >= 11 is 0. The van der Waals surface area contributed by atoms with Crippen molar-refractivity contribution >= 4 is 29.1 Å². The number of carbonyl (C=O) groups excluding carboxylic acids is 2. The number of hydrogen-bond donors (Lipinski definition) is 2. The van der Waals surface area contributed by atoms with Gasteiger partial charge >= 0.3 is 0 Å². The van der Waals surface area contributed by atoms with E-state index in [0.717, 1.165) is 73.1 Å². The zero-order valence-electron chi connectivity index (χ0n) is 23.3. The number of hydrogen-bond acceptors (Lipinski definition) is 7. The monoisotopic (exact) mass is 541 g/mol. The van der Waals surface area contributed by atoms with Crippen molar-refractivity contribution in [2.75, 3.05) is 24.9 Å². The molecule has 1 aromatic heterocycles. The number of fused-ring (bicyclic) bond motifs is 2. The van der Waals surface area contributed by atoms with Crippen molar-refractivity contribution in [1.82, 2.24) is 14.9 Å². The van der Waals surface area contributed by atoms with E-state index in [4.69, 9.17) is 9.47 Å². The molecule has 9 nitrogen and oxygen atoms in total. The molecule has 3 aliphatic rings. The molecule has 2 aliphatic carbocycles. The molecule has 2 saturated carbocycles. The van der Waals surface area contributed by atoms with Crippen LogP contribution in [-0.4, -0.2) is 40.9 Å². The van der Waals surface area contributed by atoms with Crippen LogP contribution in [0.1, 0.15) is 72.0 Å². The second-order valence-corrected chi connectivity index (χ2v) is 11.0. The Labute approximate surface area is 234 Å². The number of ether oxygens (including phenoxy) is 2. The molecule has 0 unspecified atom stereocenters. The van der Waals surface area contributed by atoms with Gasteiger partial charge in [-0.25, -0.2) is 9.97 Å². The van der Waals surface area contributed by atoms with Crippen LogP contribution < -0.4 is 20.1 Å². The molecule has 2 N–H and O–H groups in total. The molecule has 40 heavy (non-hydrogen) atoms. The first kappa shape index (κ1) is 26.1. The minimum atomic E-state index is -0.403. The van der Waals surface area contributed by atoms with E-state index < -0.39 is 5.54 Å². The molecule has 2 aromatic carbocycles. The standard InChI is InChI=1S/C31H35N5O4/c1-19-27(32-18-33-28(19)35-29(37)21-9-10-21)34-22-15-24-26(25(16-22)40-3)30(38)36(31(24)13-5-4-6-14-31)17-20-7-11-23(39-2)12-8-20/h7-8,11-12,15-16,18,21H,4-6,9-10,13-14,17H2,1-3H3,(H2,32,33,34,35,37). The Morgan fingerprint density at radius 2 is 1.75 bits per heavy atom. The summed E-state index contributed by atoms with van der Waals surface area (Å²) in [5.74, 6) is 2.52. The fourth-order valence-electron chi connectivity index (χ4n) is 6.13. The number of benzene rings is 2. The van der Waals surface area contributed by atoms with Gasteiger partial charge < -0.3 is 25.0 Å². The van der Waals surface area contributed by atoms with Gasteiger partial charge in [-0.05, 0) is 61.9 Å². The van der Waals surface area contributed by atoms with Crippen LogP contribution in [-0.2, 0) is 16.9 Å². The maximum absolute atomic E-state index is 14.0. The van der Waals surface area contributed by atoms with Crippen LogP contribution >= 0.6 is 0 Å². The number of rotatable bonds is 8. The van der Waals surface area contributed by atoms with Crippen LogP contribution in [0.5, 0.6) is 11.5 Å². The van der Waals surface area contributed by atoms with Gasteiger partial charge in [-0.1, -0.05) is 31.4 Å². The molecule has 9 heteroatoms. The lowest BCUT2D eigenvalue weighted by molar-refractivity contribution is -0.117. The molecule has 6 rings (SSSR count). The summed E-state index contributed by atoms with van der Waals surface area (Å²) in [6, 6.07) is 11.9. The molecule has 2 heterocycles. The molecule has 1 spiro atoms. The number of anilines is 3. The first-order valence-corrected chi connectivity index (χ1v) is 14.0. The zero-order valence-corrected chi connectivity index (χ0v) is 23.3. The molecular weight excluding hydrogens is 506 g/mol. The summed E-state index contributed by atoms with van der Waals surface area (Å²) in [4.78, 5) is 37.2. The Morgan fingerprint density at radius 1 is 1.02 bits per heavy atom. The first-order valence-electron chi connectivity index (χ1n) is 14.0. The second kappa shape index (κ2) is 10.4. The van der Waals surface area contributed by atoms with Crippen molar-refractivity contribution < 1.29 is 19.1 Å². The lowest BCUT2D eigenvalue weighted by Gasteiger charge is -2.42. The average molecular weight is 542 g/mol. The Kier molecular flexibility index (Phi) is 6.82. The summed E-state index contributed by atoms with van der Waals surface area (Å²) in [5, 5.41) is 6.36. The van der Waals surface area contributed by atoms with Crippen LogP contribution in [0, 0.1) is 12.8 Å². The highest BCUT2D eigenvalue weighted by molar-refractivity contribution is 6.03. The third-order valence-electron chi connectivity index (χ3n) is 8.52. The minimum Gasteiger partial charge on any atom is -0.497 e. The maximum Gasteiger partial charge on any atom is 0.259 e. The second-order valence-electron chi connectivity index (χ2n) is 11.0. The molecule has 2 fully saturated rings. The van der Waals surface area contributed by atoms with Crippen molar-refractivity contribution in [2.24, 2.45) is 5.92 Å². The van der Waals surface area contributed by atoms with Crippen LogP contribution in [0.15, 0.2) is 42.7 Å². The number of nitrogens with one attached hydrogen (secondary N) is 2. The smallest absolute Gasteiger partial charge is 0.259 e. The number of methoxy groups -OCH3 is 2. The molecule has 2 amide bonds. The summed E-state index contributed by atoms with van der Waals surface area (Å²) in [7, 11) is 3.26. The summed E-state index contributed by atoms with van der Waals surface area (Å²) in [5.41, 5.74) is 3.82. The van der Waals surface area contributed by atoms with Gasteiger partial charge in [-0.3, -0.25) is 9.59 Å². The SMILES string of the molecule is COc1ccc(CN2C(=O)c3c(OC)cc(Nc4ncnc(NC(=O)C5CC5)c4C)cc3C23CCCCC3)cc1. The Bertz CT molecular complexity index is 1440. The number of aromatic nitrogens is 2. The van der Waals surface area contributed by atoms with E-state index in [1.165, 1.54) is 6.33 Å². The molecule has 0 bridgehead atoms. The predicted octanol–water partition coefficient (Wildman–Crippen LogP) is 5.71. The largest absolute Gasteiger partial charge is 0.497 e. The maximum atomic E-state index is 14.0. The summed E-state index contributed by atoms with van der Waals surface area (Å²) in [6.45, 7) is 2.40. The normalized spacial score (nSPS) is 17.5. The Morgan fingerprint density at radius 3 is 2.42 bits per heavy atom. The van der Waals surface area contributed by atoms with E-state index >= 15 is 0 Å². The van der Waals surface area contributed by atoms with Crippen molar-refractivity contribution in [3.8, 4) is 11.5 Å². The van der Waals surface area contributed by atoms with Crippen LogP contribution in [0.2, 0.25) is 0 Å². The highest BCUT2D eigenvalue weighted by Gasteiger charge is 2.51. The predicted molar refractivity (Wildman–Crippen MR) is 152 cm³/mol. The third-order valence-corrected chi connectivity index (χ3v) is 8.52. The van der Waals surface area contributed by atoms with Gasteiger partial charge in [0.15, 0.2) is 0 Å².